The van der Waals surface area contributed by atoms with Crippen LogP contribution in [0.1, 0.15) is 34.1 Å². The number of para-hydroxylation sites is 1. The Bertz CT molecular complexity index is 478. The van der Waals surface area contributed by atoms with Crippen molar-refractivity contribution < 1.29 is 9.53 Å². The van der Waals surface area contributed by atoms with Gasteiger partial charge in [-0.05, 0) is 24.5 Å². The van der Waals surface area contributed by atoms with Crippen molar-refractivity contribution in [3.63, 3.8) is 0 Å². The molecule has 1 aliphatic heterocycles. The van der Waals surface area contributed by atoms with E-state index in [9.17, 15) is 4.79 Å². The number of fused-ring (bicyclic) bond motifs is 1. The quantitative estimate of drug-likeness (QED) is 0.860. The molecular weight excluding hydrogens is 240 g/mol. The molecule has 0 fully saturated rings. The lowest BCUT2D eigenvalue weighted by atomic mass is 9.84. The maximum atomic E-state index is 12.1. The highest BCUT2D eigenvalue weighted by atomic mass is 16.5. The highest BCUT2D eigenvalue weighted by molar-refractivity contribution is 5.98. The zero-order valence-corrected chi connectivity index (χ0v) is 12.0. The van der Waals surface area contributed by atoms with Crippen LogP contribution >= 0.6 is 0 Å². The van der Waals surface area contributed by atoms with Crippen LogP contribution < -0.4 is 15.4 Å². The Kier molecular flexibility index (Phi) is 3.69. The number of anilines is 2. The number of ether oxygens (including phenoxy) is 1. The summed E-state index contributed by atoms with van der Waals surface area (Å²) in [5.41, 5.74) is 1.69. The van der Waals surface area contributed by atoms with Gasteiger partial charge in [0.25, 0.3) is 0 Å². The molecule has 2 rings (SSSR count). The second-order valence-corrected chi connectivity index (χ2v) is 5.93. The Hall–Kier alpha value is -1.71. The van der Waals surface area contributed by atoms with Crippen LogP contribution in [-0.4, -0.2) is 18.6 Å². The maximum absolute atomic E-state index is 12.1. The monoisotopic (exact) mass is 262 g/mol. The van der Waals surface area contributed by atoms with E-state index in [1.165, 1.54) is 0 Å². The van der Waals surface area contributed by atoms with Crippen LogP contribution in [0.25, 0.3) is 0 Å². The number of carbonyl (C=O) groups is 1. The molecule has 104 valence electrons. The number of benzene rings is 1. The lowest BCUT2D eigenvalue weighted by Crippen LogP contribution is -2.35. The van der Waals surface area contributed by atoms with Gasteiger partial charge in [-0.15, -0.1) is 0 Å². The average molecular weight is 262 g/mol. The maximum Gasteiger partial charge on any atom is 0.226 e. The van der Waals surface area contributed by atoms with Gasteiger partial charge in [-0.3, -0.25) is 4.79 Å². The SMILES string of the molecule is CCOc1cccc2c1NC(=O)CC(C(C)(C)C)N2. The van der Waals surface area contributed by atoms with E-state index in [1.54, 1.807) is 0 Å². The summed E-state index contributed by atoms with van der Waals surface area (Å²) in [4.78, 5) is 12.1. The summed E-state index contributed by atoms with van der Waals surface area (Å²) in [6, 6.07) is 5.89. The van der Waals surface area contributed by atoms with E-state index >= 15 is 0 Å². The van der Waals surface area contributed by atoms with E-state index in [2.05, 4.69) is 31.4 Å². The summed E-state index contributed by atoms with van der Waals surface area (Å²) in [5, 5.41) is 6.42. The third kappa shape index (κ3) is 3.00. The van der Waals surface area contributed by atoms with Crippen molar-refractivity contribution in [3.8, 4) is 5.75 Å². The minimum Gasteiger partial charge on any atom is -0.492 e. The predicted molar refractivity (Wildman–Crippen MR) is 77.7 cm³/mol. The standard InChI is InChI=1S/C15H22N2O2/c1-5-19-11-8-6-7-10-14(11)17-13(18)9-12(16-10)15(2,3)4/h6-8,12,16H,5,9H2,1-4H3,(H,17,18). The molecule has 4 heteroatoms. The van der Waals surface area contributed by atoms with Crippen molar-refractivity contribution in [1.29, 1.82) is 0 Å². The molecule has 0 aliphatic carbocycles. The fourth-order valence-electron chi connectivity index (χ4n) is 2.19. The van der Waals surface area contributed by atoms with Gasteiger partial charge in [0.15, 0.2) is 0 Å². The number of nitrogens with one attached hydrogen (secondary N) is 2. The van der Waals surface area contributed by atoms with E-state index in [1.807, 2.05) is 25.1 Å². The third-order valence-electron chi connectivity index (χ3n) is 3.36. The highest BCUT2D eigenvalue weighted by Crippen LogP contribution is 2.38. The Morgan fingerprint density at radius 3 is 2.74 bits per heavy atom. The molecule has 0 bridgehead atoms. The Balaban J connectivity index is 2.39. The summed E-state index contributed by atoms with van der Waals surface area (Å²) < 4.78 is 5.57. The molecule has 0 saturated carbocycles. The zero-order valence-electron chi connectivity index (χ0n) is 12.0. The van der Waals surface area contributed by atoms with Gasteiger partial charge in [-0.1, -0.05) is 26.8 Å². The molecule has 0 spiro atoms. The van der Waals surface area contributed by atoms with Crippen molar-refractivity contribution >= 4 is 17.3 Å². The molecule has 0 aromatic heterocycles. The third-order valence-corrected chi connectivity index (χ3v) is 3.36. The molecule has 1 amide bonds. The topological polar surface area (TPSA) is 50.4 Å². The summed E-state index contributed by atoms with van der Waals surface area (Å²) in [6.45, 7) is 8.92. The summed E-state index contributed by atoms with van der Waals surface area (Å²) in [6.07, 6.45) is 0.462. The molecule has 1 aliphatic rings. The van der Waals surface area contributed by atoms with Gasteiger partial charge in [-0.25, -0.2) is 0 Å². The lowest BCUT2D eigenvalue weighted by Gasteiger charge is -2.30. The molecule has 19 heavy (non-hydrogen) atoms. The Morgan fingerprint density at radius 1 is 1.37 bits per heavy atom. The first kappa shape index (κ1) is 13.7. The van der Waals surface area contributed by atoms with Gasteiger partial charge in [0.2, 0.25) is 5.91 Å². The fraction of sp³-hybridized carbons (Fsp3) is 0.533. The van der Waals surface area contributed by atoms with Gasteiger partial charge < -0.3 is 15.4 Å². The first-order valence-electron chi connectivity index (χ1n) is 6.74. The van der Waals surface area contributed by atoms with Crippen LogP contribution in [0.15, 0.2) is 18.2 Å². The van der Waals surface area contributed by atoms with E-state index in [0.29, 0.717) is 13.0 Å². The van der Waals surface area contributed by atoms with Crippen LogP contribution in [0.3, 0.4) is 0 Å². The van der Waals surface area contributed by atoms with Gasteiger partial charge in [-0.2, -0.15) is 0 Å². The second-order valence-electron chi connectivity index (χ2n) is 5.93. The molecule has 4 nitrogen and oxygen atoms in total. The van der Waals surface area contributed by atoms with Crippen LogP contribution in [0.2, 0.25) is 0 Å². The molecule has 1 unspecified atom stereocenters. The number of hydrogen-bond acceptors (Lipinski definition) is 3. The van der Waals surface area contributed by atoms with Gasteiger partial charge in [0.1, 0.15) is 11.4 Å². The van der Waals surface area contributed by atoms with Crippen LogP contribution in [0, 0.1) is 5.41 Å². The van der Waals surface area contributed by atoms with Gasteiger partial charge in [0, 0.05) is 12.5 Å². The normalized spacial score (nSPS) is 18.9. The van der Waals surface area contributed by atoms with Crippen LogP contribution in [-0.2, 0) is 4.79 Å². The minimum absolute atomic E-state index is 0.0145. The van der Waals surface area contributed by atoms with E-state index < -0.39 is 0 Å². The minimum atomic E-state index is 0.0145. The molecule has 1 atom stereocenters. The Morgan fingerprint density at radius 2 is 2.11 bits per heavy atom. The number of amides is 1. The van der Waals surface area contributed by atoms with Crippen molar-refractivity contribution in [3.05, 3.63) is 18.2 Å². The van der Waals surface area contributed by atoms with E-state index in [-0.39, 0.29) is 17.4 Å². The fourth-order valence-corrected chi connectivity index (χ4v) is 2.19. The largest absolute Gasteiger partial charge is 0.492 e. The van der Waals surface area contributed by atoms with Crippen molar-refractivity contribution in [2.75, 3.05) is 17.2 Å². The van der Waals surface area contributed by atoms with Gasteiger partial charge >= 0.3 is 0 Å². The van der Waals surface area contributed by atoms with Crippen molar-refractivity contribution in [2.24, 2.45) is 5.41 Å². The number of hydrogen-bond donors (Lipinski definition) is 2. The molecule has 0 saturated heterocycles. The second kappa shape index (κ2) is 5.11. The molecule has 0 radical (unpaired) electrons. The molecular formula is C15H22N2O2. The first-order chi connectivity index (χ1) is 8.91. The van der Waals surface area contributed by atoms with Crippen molar-refractivity contribution in [2.45, 2.75) is 40.2 Å². The van der Waals surface area contributed by atoms with Gasteiger partial charge in [0.05, 0.1) is 12.3 Å². The lowest BCUT2D eigenvalue weighted by molar-refractivity contribution is -0.116. The zero-order chi connectivity index (χ0) is 14.0. The predicted octanol–water partition coefficient (Wildman–Crippen LogP) is 3.25. The van der Waals surface area contributed by atoms with Crippen molar-refractivity contribution in [1.82, 2.24) is 0 Å². The number of rotatable bonds is 2. The Labute approximate surface area is 114 Å². The average Bonchev–Trinajstić information content (AvgIpc) is 2.48. The van der Waals surface area contributed by atoms with Crippen LogP contribution in [0.4, 0.5) is 11.4 Å². The van der Waals surface area contributed by atoms with Crippen LogP contribution in [0.5, 0.6) is 5.75 Å². The molecule has 1 heterocycles. The first-order valence-corrected chi connectivity index (χ1v) is 6.74. The number of carbonyl (C=O) groups excluding carboxylic acids is 1. The summed E-state index contributed by atoms with van der Waals surface area (Å²) in [5.74, 6) is 0.744. The molecule has 1 aromatic rings. The summed E-state index contributed by atoms with van der Waals surface area (Å²) in [7, 11) is 0. The molecule has 1 aromatic carbocycles. The van der Waals surface area contributed by atoms with E-state index in [0.717, 1.165) is 17.1 Å². The highest BCUT2D eigenvalue weighted by Gasteiger charge is 2.31. The smallest absolute Gasteiger partial charge is 0.226 e. The molecule has 2 N–H and O–H groups in total. The van der Waals surface area contributed by atoms with E-state index in [4.69, 9.17) is 4.74 Å². The summed E-state index contributed by atoms with van der Waals surface area (Å²) >= 11 is 0.